The second kappa shape index (κ2) is 7.15. The Morgan fingerprint density at radius 3 is 2.76 bits per heavy atom. The van der Waals surface area contributed by atoms with Crippen LogP contribution in [0.4, 0.5) is 4.79 Å². The van der Waals surface area contributed by atoms with Crippen LogP contribution in [0.15, 0.2) is 53.8 Å². The van der Waals surface area contributed by atoms with Gasteiger partial charge in [-0.1, -0.05) is 6.07 Å². The van der Waals surface area contributed by atoms with Gasteiger partial charge in [0.25, 0.3) is 5.56 Å². The Morgan fingerprint density at radius 1 is 1.17 bits per heavy atom. The van der Waals surface area contributed by atoms with Crippen molar-refractivity contribution < 1.29 is 9.53 Å². The third-order valence-electron chi connectivity index (χ3n) is 4.29. The van der Waals surface area contributed by atoms with Crippen molar-refractivity contribution in [2.75, 3.05) is 0 Å². The Labute approximate surface area is 164 Å². The van der Waals surface area contributed by atoms with Gasteiger partial charge < -0.3 is 15.0 Å². The van der Waals surface area contributed by atoms with Crippen molar-refractivity contribution in [3.05, 3.63) is 59.4 Å². The van der Waals surface area contributed by atoms with E-state index in [1.165, 1.54) is 23.0 Å². The van der Waals surface area contributed by atoms with Gasteiger partial charge in [-0.2, -0.15) is 0 Å². The Bertz CT molecular complexity index is 1280. The third-order valence-corrected chi connectivity index (χ3v) is 4.29. The molecule has 3 aromatic heterocycles. The number of aromatic nitrogens is 6. The summed E-state index contributed by atoms with van der Waals surface area (Å²) in [5.74, 6) is 1.13. The molecule has 0 saturated heterocycles. The summed E-state index contributed by atoms with van der Waals surface area (Å²) in [7, 11) is 0. The van der Waals surface area contributed by atoms with Crippen LogP contribution in [0.3, 0.4) is 0 Å². The predicted molar refractivity (Wildman–Crippen MR) is 105 cm³/mol. The maximum atomic E-state index is 13.0. The van der Waals surface area contributed by atoms with Crippen molar-refractivity contribution in [1.29, 1.82) is 0 Å². The van der Waals surface area contributed by atoms with Crippen LogP contribution in [0.1, 0.15) is 19.9 Å². The van der Waals surface area contributed by atoms with E-state index in [0.29, 0.717) is 22.9 Å². The van der Waals surface area contributed by atoms with Crippen molar-refractivity contribution in [3.63, 3.8) is 0 Å². The lowest BCUT2D eigenvalue weighted by Crippen LogP contribution is -2.20. The molecule has 0 aliphatic heterocycles. The van der Waals surface area contributed by atoms with Crippen molar-refractivity contribution in [3.8, 4) is 23.1 Å². The molecule has 0 atom stereocenters. The molecule has 0 radical (unpaired) electrons. The molecule has 146 valence electrons. The SMILES string of the molecule is CC(C)n1cnnc1-c1cccc(-n2cnc3ccc(OC(N)=O)cc3c2=O)n1. The number of ether oxygens (including phenoxy) is 1. The maximum absolute atomic E-state index is 13.0. The normalized spacial score (nSPS) is 11.1. The molecule has 0 aliphatic carbocycles. The van der Waals surface area contributed by atoms with Gasteiger partial charge >= 0.3 is 6.09 Å². The first-order chi connectivity index (χ1) is 13.9. The number of primary amides is 1. The molecule has 10 heteroatoms. The zero-order valence-corrected chi connectivity index (χ0v) is 15.7. The average Bonchev–Trinajstić information content (AvgIpc) is 3.19. The summed E-state index contributed by atoms with van der Waals surface area (Å²) in [5.41, 5.74) is 5.71. The highest BCUT2D eigenvalue weighted by molar-refractivity contribution is 5.80. The molecule has 2 N–H and O–H groups in total. The van der Waals surface area contributed by atoms with Crippen LogP contribution in [-0.2, 0) is 0 Å². The number of carbonyl (C=O) groups is 1. The van der Waals surface area contributed by atoms with Gasteiger partial charge in [-0.15, -0.1) is 10.2 Å². The van der Waals surface area contributed by atoms with Crippen LogP contribution in [0.5, 0.6) is 5.75 Å². The number of hydrogen-bond donors (Lipinski definition) is 1. The summed E-state index contributed by atoms with van der Waals surface area (Å²) in [5, 5.41) is 8.36. The van der Waals surface area contributed by atoms with E-state index in [1.807, 2.05) is 18.4 Å². The lowest BCUT2D eigenvalue weighted by atomic mass is 10.2. The molecule has 29 heavy (non-hydrogen) atoms. The molecule has 1 amide bonds. The van der Waals surface area contributed by atoms with Crippen LogP contribution in [0.25, 0.3) is 28.2 Å². The second-order valence-corrected chi connectivity index (χ2v) is 6.56. The molecule has 0 spiro atoms. The summed E-state index contributed by atoms with van der Waals surface area (Å²) >= 11 is 0. The summed E-state index contributed by atoms with van der Waals surface area (Å²) in [6.45, 7) is 4.03. The number of benzene rings is 1. The van der Waals surface area contributed by atoms with Gasteiger partial charge in [0.15, 0.2) is 5.82 Å². The van der Waals surface area contributed by atoms with Gasteiger partial charge in [-0.3, -0.25) is 9.36 Å². The van der Waals surface area contributed by atoms with Gasteiger partial charge in [0.1, 0.15) is 29.9 Å². The number of amides is 1. The first-order valence-electron chi connectivity index (χ1n) is 8.80. The van der Waals surface area contributed by atoms with E-state index in [1.54, 1.807) is 30.6 Å². The molecule has 0 fully saturated rings. The minimum absolute atomic E-state index is 0.152. The van der Waals surface area contributed by atoms with E-state index in [2.05, 4.69) is 20.2 Å². The van der Waals surface area contributed by atoms with Crippen LogP contribution in [0, 0.1) is 0 Å². The van der Waals surface area contributed by atoms with E-state index in [9.17, 15) is 9.59 Å². The molecule has 0 bridgehead atoms. The summed E-state index contributed by atoms with van der Waals surface area (Å²) in [6, 6.07) is 9.93. The molecule has 3 heterocycles. The van der Waals surface area contributed by atoms with Gasteiger partial charge in [0.2, 0.25) is 0 Å². The van der Waals surface area contributed by atoms with Crippen LogP contribution >= 0.6 is 0 Å². The Morgan fingerprint density at radius 2 is 2.00 bits per heavy atom. The predicted octanol–water partition coefficient (Wildman–Crippen LogP) is 2.08. The van der Waals surface area contributed by atoms with Crippen molar-refractivity contribution in [2.45, 2.75) is 19.9 Å². The minimum Gasteiger partial charge on any atom is -0.410 e. The van der Waals surface area contributed by atoms with E-state index >= 15 is 0 Å². The molecule has 4 rings (SSSR count). The van der Waals surface area contributed by atoms with E-state index in [-0.39, 0.29) is 22.7 Å². The van der Waals surface area contributed by atoms with Crippen LogP contribution < -0.4 is 16.0 Å². The van der Waals surface area contributed by atoms with E-state index in [0.717, 1.165) is 0 Å². The summed E-state index contributed by atoms with van der Waals surface area (Å²) in [4.78, 5) is 32.9. The number of hydrogen-bond acceptors (Lipinski definition) is 7. The van der Waals surface area contributed by atoms with Gasteiger partial charge in [-0.25, -0.2) is 14.8 Å². The number of carbonyl (C=O) groups excluding carboxylic acids is 1. The fraction of sp³-hybridized carbons (Fsp3) is 0.158. The molecule has 1 aromatic carbocycles. The largest absolute Gasteiger partial charge is 0.410 e. The Kier molecular flexibility index (Phi) is 4.51. The van der Waals surface area contributed by atoms with Crippen molar-refractivity contribution >= 4 is 17.0 Å². The fourth-order valence-corrected chi connectivity index (χ4v) is 2.93. The monoisotopic (exact) mass is 391 g/mol. The highest BCUT2D eigenvalue weighted by Gasteiger charge is 2.14. The lowest BCUT2D eigenvalue weighted by Gasteiger charge is -2.11. The number of fused-ring (bicyclic) bond motifs is 1. The van der Waals surface area contributed by atoms with E-state index in [4.69, 9.17) is 10.5 Å². The number of nitrogens with two attached hydrogens (primary N) is 1. The van der Waals surface area contributed by atoms with Crippen LogP contribution in [-0.4, -0.2) is 35.4 Å². The topological polar surface area (TPSA) is 131 Å². The molecule has 0 aliphatic rings. The highest BCUT2D eigenvalue weighted by Crippen LogP contribution is 2.20. The molecule has 0 unspecified atom stereocenters. The van der Waals surface area contributed by atoms with Crippen molar-refractivity contribution in [1.82, 2.24) is 29.3 Å². The van der Waals surface area contributed by atoms with Crippen molar-refractivity contribution in [2.24, 2.45) is 5.73 Å². The number of rotatable bonds is 4. The minimum atomic E-state index is -0.961. The zero-order valence-electron chi connectivity index (χ0n) is 15.7. The second-order valence-electron chi connectivity index (χ2n) is 6.56. The molecule has 10 nitrogen and oxygen atoms in total. The third kappa shape index (κ3) is 3.43. The number of pyridine rings is 1. The molecular formula is C19H17N7O3. The molecular weight excluding hydrogens is 374 g/mol. The summed E-state index contributed by atoms with van der Waals surface area (Å²) in [6.07, 6.45) is 2.08. The van der Waals surface area contributed by atoms with E-state index < -0.39 is 6.09 Å². The number of nitrogens with zero attached hydrogens (tertiary/aromatic N) is 6. The Balaban J connectivity index is 1.82. The zero-order chi connectivity index (χ0) is 20.5. The van der Waals surface area contributed by atoms with Gasteiger partial charge in [-0.05, 0) is 44.2 Å². The maximum Gasteiger partial charge on any atom is 0.409 e. The smallest absolute Gasteiger partial charge is 0.409 e. The summed E-state index contributed by atoms with van der Waals surface area (Å²) < 4.78 is 8.06. The lowest BCUT2D eigenvalue weighted by molar-refractivity contribution is 0.211. The fourth-order valence-electron chi connectivity index (χ4n) is 2.93. The Hall–Kier alpha value is -4.08. The standard InChI is InChI=1S/C19H17N7O3/c1-11(2)25-10-22-24-17(25)15-4-3-5-16(23-15)26-9-21-14-7-6-12(29-19(20)28)8-13(14)18(26)27/h3-11H,1-2H3,(H2,20,28). The first-order valence-corrected chi connectivity index (χ1v) is 8.80. The molecule has 4 aromatic rings. The van der Waals surface area contributed by atoms with Crippen LogP contribution in [0.2, 0.25) is 0 Å². The average molecular weight is 391 g/mol. The quantitative estimate of drug-likeness (QED) is 0.563. The van der Waals surface area contributed by atoms with Gasteiger partial charge in [0.05, 0.1) is 10.9 Å². The van der Waals surface area contributed by atoms with Gasteiger partial charge in [0, 0.05) is 6.04 Å². The highest BCUT2D eigenvalue weighted by atomic mass is 16.5. The molecule has 0 saturated carbocycles. The first kappa shape index (κ1) is 18.3.